The molecule has 7 aromatic rings. The van der Waals surface area contributed by atoms with Crippen molar-refractivity contribution >= 4 is 50.5 Å². The number of nitrogens with zero attached hydrogens (tertiary/aromatic N) is 8. The fourth-order valence-corrected chi connectivity index (χ4v) is 11.0. The molecule has 2 amide bonds. The lowest BCUT2D eigenvalue weighted by Gasteiger charge is -2.32. The van der Waals surface area contributed by atoms with Crippen molar-refractivity contribution in [1.29, 1.82) is 0 Å². The summed E-state index contributed by atoms with van der Waals surface area (Å²) in [6.45, 7) is 11.6. The third-order valence-corrected chi connectivity index (χ3v) is 14.8. The van der Waals surface area contributed by atoms with Gasteiger partial charge in [0, 0.05) is 47.9 Å². The van der Waals surface area contributed by atoms with E-state index in [0.29, 0.717) is 34.3 Å². The van der Waals surface area contributed by atoms with Gasteiger partial charge in [-0.3, -0.25) is 9.59 Å². The van der Waals surface area contributed by atoms with E-state index in [1.54, 1.807) is 40.9 Å². The van der Waals surface area contributed by atoms with Gasteiger partial charge in [-0.05, 0) is 92.5 Å². The molecule has 0 saturated carbocycles. The second-order valence-electron chi connectivity index (χ2n) is 16.9. The standard InChI is InChI=1S/C47H49N9O5S2/c1-25(2)42(47(60)56-23-32(57)20-38(56)45(59)49-27(4)29-10-12-30(13-11-29)44-28(5)48-24-62-44)40-22-37(54-61-40)35-14-15-41(52-50-35)55-18-16-31(17-19-55)43-26(3)34-21-36(51-53-46(34)63-43)33-8-6-7-9-39(33)58/h6-15,21-22,24-25,27,31-32,38,42,57-58H,16-20,23H2,1-5H3,(H,49,59)/t27?,32-,38+,42?/m1/s1. The summed E-state index contributed by atoms with van der Waals surface area (Å²) in [6.07, 6.45) is 1.21. The molecule has 5 aromatic heterocycles. The van der Waals surface area contributed by atoms with Crippen LogP contribution in [-0.4, -0.2) is 89.2 Å². The maximum Gasteiger partial charge on any atom is 0.243 e. The number of fused-ring (bicyclic) bond motifs is 1. The average molecular weight is 884 g/mol. The number of amides is 2. The Labute approximate surface area is 373 Å². The minimum atomic E-state index is -0.839. The van der Waals surface area contributed by atoms with Crippen molar-refractivity contribution in [3.8, 4) is 38.8 Å². The number of benzene rings is 2. The zero-order valence-corrected chi connectivity index (χ0v) is 37.4. The van der Waals surface area contributed by atoms with Crippen LogP contribution in [-0.2, 0) is 9.59 Å². The third-order valence-electron chi connectivity index (χ3n) is 12.4. The molecule has 324 valence electrons. The van der Waals surface area contributed by atoms with Crippen LogP contribution < -0.4 is 10.2 Å². The number of anilines is 1. The van der Waals surface area contributed by atoms with Gasteiger partial charge in [-0.2, -0.15) is 0 Å². The number of rotatable bonds is 11. The lowest BCUT2D eigenvalue weighted by Crippen LogP contribution is -2.48. The first-order valence-corrected chi connectivity index (χ1v) is 23.0. The number of phenols is 1. The monoisotopic (exact) mass is 883 g/mol. The van der Waals surface area contributed by atoms with Crippen molar-refractivity contribution in [2.24, 2.45) is 5.92 Å². The van der Waals surface area contributed by atoms with Crippen LogP contribution in [0.2, 0.25) is 0 Å². The number of piperidine rings is 1. The maximum absolute atomic E-state index is 14.3. The van der Waals surface area contributed by atoms with Crippen LogP contribution >= 0.6 is 22.7 Å². The number of aliphatic hydroxyl groups is 1. The first kappa shape index (κ1) is 42.2. The molecule has 7 heterocycles. The Balaban J connectivity index is 0.832. The zero-order valence-electron chi connectivity index (χ0n) is 35.7. The first-order valence-electron chi connectivity index (χ1n) is 21.3. The van der Waals surface area contributed by atoms with Crippen LogP contribution in [0.4, 0.5) is 5.82 Å². The fraction of sp³-hybridized carbons (Fsp3) is 0.362. The van der Waals surface area contributed by atoms with Gasteiger partial charge in [0.15, 0.2) is 5.82 Å². The van der Waals surface area contributed by atoms with Crippen LogP contribution in [0.25, 0.3) is 43.3 Å². The van der Waals surface area contributed by atoms with Crippen LogP contribution in [0.1, 0.15) is 85.4 Å². The molecule has 2 fully saturated rings. The van der Waals surface area contributed by atoms with Crippen molar-refractivity contribution in [2.75, 3.05) is 24.5 Å². The first-order chi connectivity index (χ1) is 30.4. The lowest BCUT2D eigenvalue weighted by molar-refractivity contribution is -0.141. The Bertz CT molecular complexity index is 2760. The number of carbonyl (C=O) groups excluding carboxylic acids is 2. The van der Waals surface area contributed by atoms with E-state index >= 15 is 0 Å². The molecule has 3 N–H and O–H groups in total. The molecule has 0 spiro atoms. The van der Waals surface area contributed by atoms with Gasteiger partial charge in [0.1, 0.15) is 39.7 Å². The van der Waals surface area contributed by atoms with E-state index in [1.807, 2.05) is 87.8 Å². The average Bonchev–Trinajstić information content (AvgIpc) is 4.11. The number of phenolic OH excluding ortho intramolecular Hbond substituents is 1. The van der Waals surface area contributed by atoms with Gasteiger partial charge in [0.05, 0.1) is 33.9 Å². The number of thiazole rings is 1. The maximum atomic E-state index is 14.3. The van der Waals surface area contributed by atoms with Crippen molar-refractivity contribution in [1.82, 2.24) is 40.8 Å². The Morgan fingerprint density at radius 3 is 2.37 bits per heavy atom. The summed E-state index contributed by atoms with van der Waals surface area (Å²) >= 11 is 3.29. The largest absolute Gasteiger partial charge is 0.507 e. The van der Waals surface area contributed by atoms with Crippen molar-refractivity contribution in [2.45, 2.75) is 83.9 Å². The van der Waals surface area contributed by atoms with Gasteiger partial charge in [0.25, 0.3) is 0 Å². The number of hydrogen-bond acceptors (Lipinski definition) is 14. The topological polar surface area (TPSA) is 184 Å². The van der Waals surface area contributed by atoms with E-state index in [4.69, 9.17) is 4.52 Å². The SMILES string of the molecule is Cc1ncsc1-c1ccc(C(C)NC(=O)[C@@H]2C[C@@H](O)CN2C(=O)C(c2cc(-c3ccc(N4CCC(c5sc6nnc(-c7ccccc7O)cc6c5C)CC4)nn3)no2)C(C)C)cc1. The molecule has 2 unspecified atom stereocenters. The molecule has 0 aliphatic carbocycles. The van der Waals surface area contributed by atoms with E-state index in [-0.39, 0.29) is 42.5 Å². The number of aromatic nitrogens is 6. The highest BCUT2D eigenvalue weighted by Gasteiger charge is 2.43. The summed E-state index contributed by atoms with van der Waals surface area (Å²) in [7, 11) is 0. The molecular weight excluding hydrogens is 835 g/mol. The molecule has 2 aromatic carbocycles. The highest BCUT2D eigenvalue weighted by atomic mass is 32.1. The second-order valence-corrected chi connectivity index (χ2v) is 18.8. The number of aliphatic hydroxyl groups excluding tert-OH is 1. The minimum absolute atomic E-state index is 0.0443. The second kappa shape index (κ2) is 17.6. The fourth-order valence-electron chi connectivity index (χ4n) is 8.92. The number of hydrogen-bond donors (Lipinski definition) is 3. The molecule has 2 aliphatic rings. The number of aryl methyl sites for hydroxylation is 2. The molecule has 0 radical (unpaired) electrons. The van der Waals surface area contributed by atoms with E-state index in [0.717, 1.165) is 63.7 Å². The number of likely N-dealkylation sites (tertiary alicyclic amines) is 1. The smallest absolute Gasteiger partial charge is 0.243 e. The predicted octanol–water partition coefficient (Wildman–Crippen LogP) is 8.21. The number of thiophene rings is 1. The summed E-state index contributed by atoms with van der Waals surface area (Å²) in [5, 5.41) is 47.6. The normalized spacial score (nSPS) is 18.0. The molecule has 63 heavy (non-hydrogen) atoms. The quantitative estimate of drug-likeness (QED) is 0.113. The number of para-hydroxylation sites is 1. The van der Waals surface area contributed by atoms with Gasteiger partial charge in [-0.1, -0.05) is 55.4 Å². The number of nitrogens with one attached hydrogen (secondary N) is 1. The van der Waals surface area contributed by atoms with Gasteiger partial charge in [-0.15, -0.1) is 43.1 Å². The summed E-state index contributed by atoms with van der Waals surface area (Å²) in [4.78, 5) is 39.5. The van der Waals surface area contributed by atoms with Crippen molar-refractivity contribution in [3.05, 3.63) is 106 Å². The molecule has 2 aliphatic heterocycles. The van der Waals surface area contributed by atoms with Gasteiger partial charge in [0.2, 0.25) is 11.8 Å². The highest BCUT2D eigenvalue weighted by Crippen LogP contribution is 2.41. The molecule has 14 nitrogen and oxygen atoms in total. The van der Waals surface area contributed by atoms with Crippen LogP contribution in [0.3, 0.4) is 0 Å². The Morgan fingerprint density at radius 2 is 1.67 bits per heavy atom. The molecular formula is C47H49N9O5S2. The van der Waals surface area contributed by atoms with Gasteiger partial charge < -0.3 is 29.9 Å². The highest BCUT2D eigenvalue weighted by molar-refractivity contribution is 7.19. The summed E-state index contributed by atoms with van der Waals surface area (Å²) in [5.41, 5.74) is 8.31. The van der Waals surface area contributed by atoms with E-state index in [2.05, 4.69) is 47.7 Å². The lowest BCUT2D eigenvalue weighted by atomic mass is 9.91. The zero-order chi connectivity index (χ0) is 43.9. The Morgan fingerprint density at radius 1 is 0.905 bits per heavy atom. The predicted molar refractivity (Wildman–Crippen MR) is 244 cm³/mol. The molecule has 9 rings (SSSR count). The van der Waals surface area contributed by atoms with Gasteiger partial charge >= 0.3 is 0 Å². The number of β-amino-alcohol motifs (C(OH)–C–C–N with tert-alkyl or cyclic N) is 1. The number of carbonyl (C=O) groups is 2. The molecule has 2 saturated heterocycles. The van der Waals surface area contributed by atoms with E-state index in [9.17, 15) is 19.8 Å². The molecule has 0 bridgehead atoms. The number of aromatic hydroxyl groups is 1. The summed E-state index contributed by atoms with van der Waals surface area (Å²) in [6, 6.07) is 21.6. The van der Waals surface area contributed by atoms with Gasteiger partial charge in [-0.25, -0.2) is 4.98 Å². The van der Waals surface area contributed by atoms with Crippen LogP contribution in [0, 0.1) is 19.8 Å². The van der Waals surface area contributed by atoms with E-state index in [1.165, 1.54) is 15.3 Å². The van der Waals surface area contributed by atoms with Crippen molar-refractivity contribution in [3.63, 3.8) is 0 Å². The van der Waals surface area contributed by atoms with E-state index < -0.39 is 18.1 Å². The Kier molecular flexibility index (Phi) is 11.8. The summed E-state index contributed by atoms with van der Waals surface area (Å²) in [5.74, 6) is 0.146. The minimum Gasteiger partial charge on any atom is -0.507 e. The van der Waals surface area contributed by atoms with Crippen LogP contribution in [0.5, 0.6) is 5.75 Å². The van der Waals surface area contributed by atoms with Crippen molar-refractivity contribution < 1.29 is 24.3 Å². The Hall–Kier alpha value is -6.10. The van der Waals surface area contributed by atoms with Crippen LogP contribution in [0.15, 0.2) is 82.8 Å². The third kappa shape index (κ3) is 8.42. The summed E-state index contributed by atoms with van der Waals surface area (Å²) < 4.78 is 5.82. The molecule has 4 atom stereocenters. The molecule has 16 heteroatoms.